The van der Waals surface area contributed by atoms with Crippen LogP contribution in [-0.4, -0.2) is 28.2 Å². The van der Waals surface area contributed by atoms with Crippen molar-refractivity contribution in [2.45, 2.75) is 20.4 Å². The summed E-state index contributed by atoms with van der Waals surface area (Å²) in [4.78, 5) is 19.2. The van der Waals surface area contributed by atoms with Crippen molar-refractivity contribution in [1.29, 1.82) is 0 Å². The van der Waals surface area contributed by atoms with Crippen molar-refractivity contribution in [1.82, 2.24) is 15.1 Å². The Morgan fingerprint density at radius 3 is 2.68 bits per heavy atom. The van der Waals surface area contributed by atoms with Crippen LogP contribution in [0.4, 0.5) is 5.82 Å². The molecule has 0 aromatic carbocycles. The molecule has 0 fully saturated rings. The lowest BCUT2D eigenvalue weighted by Crippen LogP contribution is -2.07. The summed E-state index contributed by atoms with van der Waals surface area (Å²) in [6.45, 7) is 4.26. The van der Waals surface area contributed by atoms with E-state index in [0.717, 1.165) is 17.0 Å². The smallest absolute Gasteiger partial charge is 0.358 e. The summed E-state index contributed by atoms with van der Waals surface area (Å²) < 4.78 is 9.61. The molecule has 0 aliphatic heterocycles. The number of anilines is 1. The number of aryl methyl sites for hydroxylation is 2. The van der Waals surface area contributed by atoms with E-state index in [9.17, 15) is 4.79 Å². The lowest BCUT2D eigenvalue weighted by atomic mass is 10.2. The van der Waals surface area contributed by atoms with E-state index in [1.807, 2.05) is 13.8 Å². The maximum atomic E-state index is 11.2. The fourth-order valence-corrected chi connectivity index (χ4v) is 1.56. The highest BCUT2D eigenvalue weighted by atomic mass is 16.5. The minimum Gasteiger partial charge on any atom is -0.464 e. The van der Waals surface area contributed by atoms with Gasteiger partial charge in [0.1, 0.15) is 11.6 Å². The number of hydrogen-bond donors (Lipinski definition) is 1. The Labute approximate surface area is 110 Å². The third-order valence-electron chi connectivity index (χ3n) is 2.67. The number of nitrogens with zero attached hydrogens (tertiary/aromatic N) is 3. The Morgan fingerprint density at radius 2 is 2.16 bits per heavy atom. The molecule has 2 heterocycles. The second-order valence-corrected chi connectivity index (χ2v) is 3.93. The summed E-state index contributed by atoms with van der Waals surface area (Å²) in [7, 11) is 1.30. The van der Waals surface area contributed by atoms with Gasteiger partial charge >= 0.3 is 5.97 Å². The highest BCUT2D eigenvalue weighted by Crippen LogP contribution is 2.13. The molecule has 2 rings (SSSR count). The predicted octanol–water partition coefficient (Wildman–Crippen LogP) is 1.48. The minimum atomic E-state index is -0.509. The van der Waals surface area contributed by atoms with Crippen molar-refractivity contribution < 1.29 is 14.1 Å². The first-order valence-electron chi connectivity index (χ1n) is 5.67. The molecule has 7 heteroatoms. The van der Waals surface area contributed by atoms with E-state index in [4.69, 9.17) is 4.52 Å². The summed E-state index contributed by atoms with van der Waals surface area (Å²) in [6.07, 6.45) is 2.84. The molecule has 0 amide bonds. The Hall–Kier alpha value is -2.44. The highest BCUT2D eigenvalue weighted by Gasteiger charge is 2.10. The molecule has 19 heavy (non-hydrogen) atoms. The predicted molar refractivity (Wildman–Crippen MR) is 66.7 cm³/mol. The van der Waals surface area contributed by atoms with E-state index in [-0.39, 0.29) is 5.69 Å². The number of nitrogens with one attached hydrogen (secondary N) is 1. The molecule has 0 saturated carbocycles. The molecule has 0 atom stereocenters. The lowest BCUT2D eigenvalue weighted by molar-refractivity contribution is 0.0593. The molecule has 2 aromatic rings. The zero-order chi connectivity index (χ0) is 13.8. The van der Waals surface area contributed by atoms with E-state index in [1.165, 1.54) is 19.5 Å². The van der Waals surface area contributed by atoms with Gasteiger partial charge in [0, 0.05) is 12.1 Å². The van der Waals surface area contributed by atoms with Crippen LogP contribution in [0.2, 0.25) is 0 Å². The molecule has 0 spiro atoms. The van der Waals surface area contributed by atoms with Crippen LogP contribution >= 0.6 is 0 Å². The molecular formula is C12H14N4O3. The molecule has 0 aliphatic carbocycles. The van der Waals surface area contributed by atoms with Crippen LogP contribution in [0.3, 0.4) is 0 Å². The number of methoxy groups -OCH3 is 1. The summed E-state index contributed by atoms with van der Waals surface area (Å²) in [5.41, 5.74) is 1.99. The average Bonchev–Trinajstić information content (AvgIpc) is 2.75. The third-order valence-corrected chi connectivity index (χ3v) is 2.67. The van der Waals surface area contributed by atoms with Crippen LogP contribution in [0.5, 0.6) is 0 Å². The zero-order valence-corrected chi connectivity index (χ0v) is 10.9. The third kappa shape index (κ3) is 2.87. The highest BCUT2D eigenvalue weighted by molar-refractivity contribution is 5.86. The van der Waals surface area contributed by atoms with E-state index in [0.29, 0.717) is 12.4 Å². The van der Waals surface area contributed by atoms with Gasteiger partial charge in [-0.3, -0.25) is 0 Å². The SMILES string of the molecule is COC(=O)c1cnc(NCc2c(C)noc2C)cn1. The van der Waals surface area contributed by atoms with Crippen LogP contribution in [-0.2, 0) is 11.3 Å². The van der Waals surface area contributed by atoms with Crippen LogP contribution in [0.25, 0.3) is 0 Å². The maximum Gasteiger partial charge on any atom is 0.358 e. The van der Waals surface area contributed by atoms with Crippen molar-refractivity contribution >= 4 is 11.8 Å². The molecule has 0 unspecified atom stereocenters. The van der Waals surface area contributed by atoms with E-state index < -0.39 is 5.97 Å². The number of esters is 1. The first-order chi connectivity index (χ1) is 9.11. The molecular weight excluding hydrogens is 248 g/mol. The van der Waals surface area contributed by atoms with Gasteiger partial charge in [-0.25, -0.2) is 14.8 Å². The van der Waals surface area contributed by atoms with Crippen LogP contribution in [0.1, 0.15) is 27.5 Å². The first-order valence-corrected chi connectivity index (χ1v) is 5.67. The summed E-state index contributed by atoms with van der Waals surface area (Å²) in [5.74, 6) is 0.821. The number of rotatable bonds is 4. The van der Waals surface area contributed by atoms with Crippen molar-refractivity contribution in [3.63, 3.8) is 0 Å². The molecule has 2 aromatic heterocycles. The maximum absolute atomic E-state index is 11.2. The monoisotopic (exact) mass is 262 g/mol. The van der Waals surface area contributed by atoms with Gasteiger partial charge in [0.25, 0.3) is 0 Å². The lowest BCUT2D eigenvalue weighted by Gasteiger charge is -2.05. The number of carbonyl (C=O) groups excluding carboxylic acids is 1. The van der Waals surface area contributed by atoms with Crippen LogP contribution in [0.15, 0.2) is 16.9 Å². The van der Waals surface area contributed by atoms with Gasteiger partial charge in [-0.15, -0.1) is 0 Å². The molecule has 0 radical (unpaired) electrons. The quantitative estimate of drug-likeness (QED) is 0.834. The Bertz CT molecular complexity index is 558. The van der Waals surface area contributed by atoms with E-state index in [1.54, 1.807) is 0 Å². The summed E-state index contributed by atoms with van der Waals surface area (Å²) in [5, 5.41) is 6.95. The van der Waals surface area contributed by atoms with E-state index >= 15 is 0 Å². The summed E-state index contributed by atoms with van der Waals surface area (Å²) in [6, 6.07) is 0. The zero-order valence-electron chi connectivity index (χ0n) is 10.9. The Morgan fingerprint density at radius 1 is 1.37 bits per heavy atom. The average molecular weight is 262 g/mol. The minimum absolute atomic E-state index is 0.172. The van der Waals surface area contributed by atoms with Crippen molar-refractivity contribution in [2.24, 2.45) is 0 Å². The van der Waals surface area contributed by atoms with Crippen molar-refractivity contribution in [2.75, 3.05) is 12.4 Å². The van der Waals surface area contributed by atoms with Gasteiger partial charge in [-0.1, -0.05) is 5.16 Å². The molecule has 0 saturated heterocycles. The standard InChI is InChI=1S/C12H14N4O3/c1-7-9(8(2)19-16-7)4-14-11-6-13-10(5-15-11)12(17)18-3/h5-6H,4H2,1-3H3,(H,14,15). The van der Waals surface area contributed by atoms with Gasteiger partial charge in [0.05, 0.1) is 25.2 Å². The molecule has 100 valence electrons. The van der Waals surface area contributed by atoms with Crippen LogP contribution < -0.4 is 5.32 Å². The molecule has 0 aliphatic rings. The van der Waals surface area contributed by atoms with Gasteiger partial charge in [0.2, 0.25) is 0 Å². The van der Waals surface area contributed by atoms with Crippen LogP contribution in [0, 0.1) is 13.8 Å². The van der Waals surface area contributed by atoms with Gasteiger partial charge < -0.3 is 14.6 Å². The normalized spacial score (nSPS) is 10.3. The fourth-order valence-electron chi connectivity index (χ4n) is 1.56. The second-order valence-electron chi connectivity index (χ2n) is 3.93. The fraction of sp³-hybridized carbons (Fsp3) is 0.333. The Kier molecular flexibility index (Phi) is 3.74. The number of hydrogen-bond acceptors (Lipinski definition) is 7. The first kappa shape index (κ1) is 13.0. The van der Waals surface area contributed by atoms with E-state index in [2.05, 4.69) is 25.2 Å². The largest absolute Gasteiger partial charge is 0.464 e. The van der Waals surface area contributed by atoms with Crippen molar-refractivity contribution in [3.05, 3.63) is 35.1 Å². The topological polar surface area (TPSA) is 90.1 Å². The molecule has 7 nitrogen and oxygen atoms in total. The number of ether oxygens (including phenoxy) is 1. The molecule has 1 N–H and O–H groups in total. The van der Waals surface area contributed by atoms with Crippen molar-refractivity contribution in [3.8, 4) is 0 Å². The van der Waals surface area contributed by atoms with Gasteiger partial charge in [-0.05, 0) is 13.8 Å². The van der Waals surface area contributed by atoms with Gasteiger partial charge in [0.15, 0.2) is 5.69 Å². The summed E-state index contributed by atoms with van der Waals surface area (Å²) >= 11 is 0. The Balaban J connectivity index is 2.03. The van der Waals surface area contributed by atoms with Gasteiger partial charge in [-0.2, -0.15) is 0 Å². The number of carbonyl (C=O) groups is 1. The second kappa shape index (κ2) is 5.47. The molecule has 0 bridgehead atoms. The number of aromatic nitrogens is 3.